The highest BCUT2D eigenvalue weighted by Gasteiger charge is 2.21. The lowest BCUT2D eigenvalue weighted by atomic mass is 9.97. The zero-order chi connectivity index (χ0) is 36.2. The summed E-state index contributed by atoms with van der Waals surface area (Å²) in [4.78, 5) is 16.4. The van der Waals surface area contributed by atoms with Crippen LogP contribution in [0, 0.1) is 11.3 Å². The smallest absolute Gasteiger partial charge is 0.323 e. The number of ether oxygens (including phenoxy) is 2. The monoisotopic (exact) mass is 783 g/mol. The Kier molecular flexibility index (Phi) is 15.0. The zero-order valence-corrected chi connectivity index (χ0v) is 31.8. The van der Waals surface area contributed by atoms with Gasteiger partial charge in [0.2, 0.25) is 0 Å². The highest BCUT2D eigenvalue weighted by Crippen LogP contribution is 2.38. The first-order valence-corrected chi connectivity index (χ1v) is 19.2. The van der Waals surface area contributed by atoms with Gasteiger partial charge in [-0.25, -0.2) is 0 Å². The predicted molar refractivity (Wildman–Crippen MR) is 208 cm³/mol. The van der Waals surface area contributed by atoms with Gasteiger partial charge in [0.25, 0.3) is 0 Å². The second-order valence-electron chi connectivity index (χ2n) is 13.6. The van der Waals surface area contributed by atoms with Gasteiger partial charge >= 0.3 is 5.97 Å². The number of carboxylic acids is 1. The van der Waals surface area contributed by atoms with Crippen molar-refractivity contribution >= 4 is 45.4 Å². The van der Waals surface area contributed by atoms with Crippen LogP contribution in [0.15, 0.2) is 53.0 Å². The van der Waals surface area contributed by atoms with Crippen molar-refractivity contribution in [1.29, 1.82) is 5.41 Å². The fourth-order valence-electron chi connectivity index (χ4n) is 6.71. The molecule has 0 saturated carbocycles. The number of aliphatic hydroxyl groups excluding tert-OH is 1. The minimum Gasteiger partial charge on any atom is -0.493 e. The molecule has 3 aromatic rings. The van der Waals surface area contributed by atoms with E-state index in [0.29, 0.717) is 34.6 Å². The van der Waals surface area contributed by atoms with E-state index in [1.807, 2.05) is 36.4 Å². The van der Waals surface area contributed by atoms with Crippen LogP contribution in [-0.4, -0.2) is 97.8 Å². The summed E-state index contributed by atoms with van der Waals surface area (Å²) in [5.74, 6) is 0.282. The molecule has 1 unspecified atom stereocenters. The van der Waals surface area contributed by atoms with Gasteiger partial charge in [-0.15, -0.1) is 0 Å². The third-order valence-corrected chi connectivity index (χ3v) is 11.1. The first-order chi connectivity index (χ1) is 24.8. The maximum Gasteiger partial charge on any atom is 0.323 e. The quantitative estimate of drug-likeness (QED) is 0.0652. The molecule has 2 aliphatic heterocycles. The molecule has 2 heterocycles. The van der Waals surface area contributed by atoms with Crippen LogP contribution >= 0.6 is 27.5 Å². The van der Waals surface area contributed by atoms with Crippen LogP contribution in [0.3, 0.4) is 0 Å². The number of halogens is 2. The molecule has 10 nitrogen and oxygen atoms in total. The number of hydrogen-bond acceptors (Lipinski definition) is 9. The van der Waals surface area contributed by atoms with Gasteiger partial charge in [0.05, 0.1) is 18.2 Å². The number of anilines is 1. The molecule has 0 amide bonds. The van der Waals surface area contributed by atoms with Gasteiger partial charge in [0.1, 0.15) is 24.1 Å². The van der Waals surface area contributed by atoms with Gasteiger partial charge < -0.3 is 40.2 Å². The number of likely N-dealkylation sites (tertiary alicyclic amines) is 2. The molecule has 12 heteroatoms. The van der Waals surface area contributed by atoms with Gasteiger partial charge in [-0.05, 0) is 123 Å². The molecule has 0 bridgehead atoms. The SMILES string of the molecule is CN1CCC(COc2cc(OCc3cccc(-c4cccc(NCCCCN5CCCC5)c4C=N)c3Br)c(Cl)cc2CNC(CO)C(=O)O)CC1. The van der Waals surface area contributed by atoms with E-state index in [4.69, 9.17) is 26.5 Å². The molecule has 51 heavy (non-hydrogen) atoms. The van der Waals surface area contributed by atoms with Crippen molar-refractivity contribution in [3.63, 3.8) is 0 Å². The number of aliphatic hydroxyl groups is 1. The Morgan fingerprint density at radius 2 is 1.78 bits per heavy atom. The first kappa shape index (κ1) is 39.0. The fourth-order valence-corrected chi connectivity index (χ4v) is 7.55. The minimum atomic E-state index is -1.14. The average molecular weight is 785 g/mol. The Morgan fingerprint density at radius 1 is 1.04 bits per heavy atom. The molecule has 2 fully saturated rings. The number of nitrogens with one attached hydrogen (secondary N) is 3. The predicted octanol–water partition coefficient (Wildman–Crippen LogP) is 6.89. The third kappa shape index (κ3) is 10.9. The minimum absolute atomic E-state index is 0.149. The first-order valence-electron chi connectivity index (χ1n) is 18.0. The Hall–Kier alpha value is -3.19. The summed E-state index contributed by atoms with van der Waals surface area (Å²) in [6, 6.07) is 14.5. The van der Waals surface area contributed by atoms with Crippen LogP contribution in [0.1, 0.15) is 55.2 Å². The van der Waals surface area contributed by atoms with E-state index in [-0.39, 0.29) is 13.2 Å². The van der Waals surface area contributed by atoms with Crippen molar-refractivity contribution in [2.45, 2.75) is 57.7 Å². The number of nitrogens with zero attached hydrogens (tertiary/aromatic N) is 2. The van der Waals surface area contributed by atoms with Crippen LogP contribution in [-0.2, 0) is 17.9 Å². The van der Waals surface area contributed by atoms with Gasteiger partial charge in [0.15, 0.2) is 0 Å². The molecule has 0 aromatic heterocycles. The molecule has 1 atom stereocenters. The van der Waals surface area contributed by atoms with Crippen molar-refractivity contribution in [3.8, 4) is 22.6 Å². The van der Waals surface area contributed by atoms with Crippen molar-refractivity contribution < 1.29 is 24.5 Å². The van der Waals surface area contributed by atoms with Gasteiger partial charge in [-0.1, -0.05) is 41.9 Å². The molecule has 276 valence electrons. The maximum atomic E-state index is 11.5. The number of aliphatic carboxylic acids is 1. The summed E-state index contributed by atoms with van der Waals surface area (Å²) in [7, 11) is 2.12. The fraction of sp³-hybridized carbons (Fsp3) is 0.487. The van der Waals surface area contributed by atoms with E-state index in [1.165, 1.54) is 32.1 Å². The summed E-state index contributed by atoms with van der Waals surface area (Å²) in [5.41, 5.74) is 5.27. The van der Waals surface area contributed by atoms with E-state index >= 15 is 0 Å². The van der Waals surface area contributed by atoms with Crippen LogP contribution in [0.2, 0.25) is 5.02 Å². The largest absolute Gasteiger partial charge is 0.493 e. The Balaban J connectivity index is 1.29. The number of carboxylic acid groups (broad SMARTS) is 1. The normalized spacial score (nSPS) is 16.2. The molecule has 5 rings (SSSR count). The standard InChI is InChI=1S/C39H51BrClN5O5/c1-45-18-12-27(13-19-45)25-50-36-21-37(33(41)20-29(36)23-44-35(24-47)39(48)49)51-26-28-8-6-10-31(38(28)40)30-9-7-11-34(32(30)22-42)43-14-2-3-15-46-16-4-5-17-46/h6-11,20-22,27,35,42-44,47H,2-5,12-19,23-26H2,1H3,(H,48,49). The molecule has 0 aliphatic carbocycles. The van der Waals surface area contributed by atoms with Crippen LogP contribution in [0.5, 0.6) is 11.5 Å². The summed E-state index contributed by atoms with van der Waals surface area (Å²) in [5, 5.41) is 34.0. The summed E-state index contributed by atoms with van der Waals surface area (Å²) in [6.45, 7) is 6.85. The highest BCUT2D eigenvalue weighted by atomic mass is 79.9. The molecule has 2 saturated heterocycles. The van der Waals surface area contributed by atoms with Crippen molar-refractivity contribution in [1.82, 2.24) is 15.1 Å². The van der Waals surface area contributed by atoms with E-state index in [9.17, 15) is 15.0 Å². The second-order valence-corrected chi connectivity index (χ2v) is 14.8. The third-order valence-electron chi connectivity index (χ3n) is 9.87. The number of carbonyl (C=O) groups is 1. The van der Waals surface area contributed by atoms with Crippen LogP contribution < -0.4 is 20.1 Å². The molecule has 2 aliphatic rings. The number of benzene rings is 3. The van der Waals surface area contributed by atoms with Gasteiger partial charge in [0, 0.05) is 52.2 Å². The zero-order valence-electron chi connectivity index (χ0n) is 29.4. The lowest BCUT2D eigenvalue weighted by molar-refractivity contribution is -0.140. The van der Waals surface area contributed by atoms with Crippen molar-refractivity contribution in [3.05, 3.63) is 74.7 Å². The van der Waals surface area contributed by atoms with E-state index in [1.54, 1.807) is 12.1 Å². The van der Waals surface area contributed by atoms with E-state index in [2.05, 4.69) is 43.4 Å². The molecule has 0 spiro atoms. The van der Waals surface area contributed by atoms with Gasteiger partial charge in [-0.3, -0.25) is 10.1 Å². The molecule has 0 radical (unpaired) electrons. The molecular weight excluding hydrogens is 734 g/mol. The highest BCUT2D eigenvalue weighted by molar-refractivity contribution is 9.10. The van der Waals surface area contributed by atoms with Crippen LogP contribution in [0.4, 0.5) is 5.69 Å². The number of hydrogen-bond donors (Lipinski definition) is 5. The Morgan fingerprint density at radius 3 is 2.51 bits per heavy atom. The lowest BCUT2D eigenvalue weighted by Crippen LogP contribution is -2.39. The molecule has 5 N–H and O–H groups in total. The number of piperidine rings is 1. The van der Waals surface area contributed by atoms with E-state index in [0.717, 1.165) is 84.3 Å². The molecule has 3 aromatic carbocycles. The van der Waals surface area contributed by atoms with Crippen LogP contribution in [0.25, 0.3) is 11.1 Å². The second kappa shape index (κ2) is 19.6. The Bertz CT molecular complexity index is 1610. The van der Waals surface area contributed by atoms with E-state index < -0.39 is 18.6 Å². The lowest BCUT2D eigenvalue weighted by Gasteiger charge is -2.29. The number of unbranched alkanes of at least 4 members (excludes halogenated alkanes) is 1. The summed E-state index contributed by atoms with van der Waals surface area (Å²) in [6.07, 6.45) is 8.35. The van der Waals surface area contributed by atoms with Crippen molar-refractivity contribution in [2.24, 2.45) is 5.92 Å². The summed E-state index contributed by atoms with van der Waals surface area (Å²) >= 11 is 10.6. The summed E-state index contributed by atoms with van der Waals surface area (Å²) < 4.78 is 13.5. The van der Waals surface area contributed by atoms with Crippen molar-refractivity contribution in [2.75, 3.05) is 64.8 Å². The molecular formula is C39H51BrClN5O5. The number of rotatable bonds is 19. The van der Waals surface area contributed by atoms with Gasteiger partial charge in [-0.2, -0.15) is 0 Å². The maximum absolute atomic E-state index is 11.5. The Labute approximate surface area is 315 Å². The topological polar surface area (TPSA) is 130 Å². The average Bonchev–Trinajstić information content (AvgIpc) is 3.65.